The van der Waals surface area contributed by atoms with E-state index in [2.05, 4.69) is 28.8 Å². The van der Waals surface area contributed by atoms with Crippen LogP contribution >= 0.6 is 11.6 Å². The maximum absolute atomic E-state index is 6.03. The number of aryl methyl sites for hydroxylation is 1. The maximum atomic E-state index is 6.03. The molecule has 0 aliphatic heterocycles. The lowest BCUT2D eigenvalue weighted by Gasteiger charge is -2.22. The van der Waals surface area contributed by atoms with Crippen molar-refractivity contribution < 1.29 is 0 Å². The molecule has 5 heteroatoms. The summed E-state index contributed by atoms with van der Waals surface area (Å²) < 4.78 is 2.06. The Hall–Kier alpha value is -1.16. The summed E-state index contributed by atoms with van der Waals surface area (Å²) in [6.45, 7) is 4.72. The fourth-order valence-electron chi connectivity index (χ4n) is 2.27. The van der Waals surface area contributed by atoms with E-state index in [1.165, 1.54) is 25.0 Å². The second kappa shape index (κ2) is 7.02. The lowest BCUT2D eigenvalue weighted by atomic mass is 10.3. The van der Waals surface area contributed by atoms with Crippen LogP contribution in [0.25, 0.3) is 0 Å². The Kier molecular flexibility index (Phi) is 5.35. The van der Waals surface area contributed by atoms with Crippen LogP contribution in [-0.2, 0) is 13.6 Å². The zero-order chi connectivity index (χ0) is 14.5. The van der Waals surface area contributed by atoms with E-state index in [-0.39, 0.29) is 0 Å². The summed E-state index contributed by atoms with van der Waals surface area (Å²) in [7, 11) is 4.09. The van der Waals surface area contributed by atoms with Crippen LogP contribution in [0.15, 0.2) is 17.3 Å². The van der Waals surface area contributed by atoms with Gasteiger partial charge in [0.1, 0.15) is 0 Å². The van der Waals surface area contributed by atoms with Crippen LogP contribution in [0.2, 0.25) is 5.02 Å². The van der Waals surface area contributed by atoms with Gasteiger partial charge < -0.3 is 14.8 Å². The van der Waals surface area contributed by atoms with Crippen LogP contribution < -0.4 is 5.32 Å². The van der Waals surface area contributed by atoms with Gasteiger partial charge in [-0.2, -0.15) is 0 Å². The zero-order valence-electron chi connectivity index (χ0n) is 12.7. The molecule has 1 aromatic rings. The van der Waals surface area contributed by atoms with Gasteiger partial charge in [-0.05, 0) is 25.3 Å². The SMILES string of the molecule is CCNC(=NCCC1CC1)N(C)Cc1cc(Cl)cn1C. The van der Waals surface area contributed by atoms with E-state index in [0.29, 0.717) is 0 Å². The summed E-state index contributed by atoms with van der Waals surface area (Å²) in [5.74, 6) is 1.91. The van der Waals surface area contributed by atoms with E-state index in [9.17, 15) is 0 Å². The van der Waals surface area contributed by atoms with Crippen molar-refractivity contribution in [3.63, 3.8) is 0 Å². The molecule has 1 aliphatic rings. The molecule has 0 saturated heterocycles. The predicted octanol–water partition coefficient (Wildman–Crippen LogP) is 2.88. The van der Waals surface area contributed by atoms with Gasteiger partial charge in [0.25, 0.3) is 0 Å². The highest BCUT2D eigenvalue weighted by Crippen LogP contribution is 2.32. The van der Waals surface area contributed by atoms with Gasteiger partial charge in [0.05, 0.1) is 11.6 Å². The molecule has 0 radical (unpaired) electrons. The molecule has 1 N–H and O–H groups in total. The first-order valence-electron chi connectivity index (χ1n) is 7.40. The quantitative estimate of drug-likeness (QED) is 0.647. The van der Waals surface area contributed by atoms with Gasteiger partial charge in [-0.15, -0.1) is 0 Å². The van der Waals surface area contributed by atoms with E-state index in [1.807, 2.05) is 19.3 Å². The van der Waals surface area contributed by atoms with Crippen molar-refractivity contribution in [1.82, 2.24) is 14.8 Å². The minimum absolute atomic E-state index is 0.784. The van der Waals surface area contributed by atoms with Crippen LogP contribution in [0.1, 0.15) is 31.9 Å². The molecule has 4 nitrogen and oxygen atoms in total. The molecule has 1 heterocycles. The molecular weight excluding hydrogens is 272 g/mol. The minimum atomic E-state index is 0.784. The average molecular weight is 297 g/mol. The van der Waals surface area contributed by atoms with Crippen molar-refractivity contribution in [1.29, 1.82) is 0 Å². The lowest BCUT2D eigenvalue weighted by molar-refractivity contribution is 0.461. The third-order valence-corrected chi connectivity index (χ3v) is 3.87. The number of guanidine groups is 1. The summed E-state index contributed by atoms with van der Waals surface area (Å²) in [4.78, 5) is 6.87. The highest BCUT2D eigenvalue weighted by Gasteiger charge is 2.20. The summed E-state index contributed by atoms with van der Waals surface area (Å²) >= 11 is 6.03. The minimum Gasteiger partial charge on any atom is -0.357 e. The van der Waals surface area contributed by atoms with Crippen LogP contribution in [-0.4, -0.2) is 35.6 Å². The van der Waals surface area contributed by atoms with Gasteiger partial charge in [-0.1, -0.05) is 24.4 Å². The van der Waals surface area contributed by atoms with E-state index >= 15 is 0 Å². The number of hydrogen-bond acceptors (Lipinski definition) is 1. The number of nitrogens with one attached hydrogen (secondary N) is 1. The topological polar surface area (TPSA) is 32.6 Å². The molecule has 0 unspecified atom stereocenters. The molecule has 112 valence electrons. The largest absolute Gasteiger partial charge is 0.357 e. The molecule has 2 rings (SSSR count). The molecule has 0 amide bonds. The van der Waals surface area contributed by atoms with Crippen LogP contribution in [0.4, 0.5) is 0 Å². The molecule has 1 aliphatic carbocycles. The molecule has 0 atom stereocenters. The van der Waals surface area contributed by atoms with Gasteiger partial charge in [-0.3, -0.25) is 4.99 Å². The van der Waals surface area contributed by atoms with Crippen molar-refractivity contribution in [2.45, 2.75) is 32.7 Å². The van der Waals surface area contributed by atoms with Crippen molar-refractivity contribution in [2.75, 3.05) is 20.1 Å². The smallest absolute Gasteiger partial charge is 0.194 e. The van der Waals surface area contributed by atoms with Crippen molar-refractivity contribution in [3.8, 4) is 0 Å². The Labute approximate surface area is 126 Å². The summed E-state index contributed by atoms with van der Waals surface area (Å²) in [6.07, 6.45) is 5.94. The van der Waals surface area contributed by atoms with Crippen molar-refractivity contribution in [3.05, 3.63) is 23.0 Å². The Bertz CT molecular complexity index is 462. The number of halogens is 1. The normalized spacial score (nSPS) is 15.5. The third kappa shape index (κ3) is 4.44. The first-order chi connectivity index (χ1) is 9.60. The molecular formula is C15H25ClN4. The Balaban J connectivity index is 1.94. The van der Waals surface area contributed by atoms with Gasteiger partial charge in [-0.25, -0.2) is 0 Å². The van der Waals surface area contributed by atoms with E-state index in [0.717, 1.165) is 36.5 Å². The number of hydrogen-bond donors (Lipinski definition) is 1. The fraction of sp³-hybridized carbons (Fsp3) is 0.667. The first-order valence-corrected chi connectivity index (χ1v) is 7.78. The highest BCUT2D eigenvalue weighted by molar-refractivity contribution is 6.30. The molecule has 1 aromatic heterocycles. The first kappa shape index (κ1) is 15.2. The van der Waals surface area contributed by atoms with Gasteiger partial charge in [0.2, 0.25) is 0 Å². The third-order valence-electron chi connectivity index (χ3n) is 3.67. The zero-order valence-corrected chi connectivity index (χ0v) is 13.5. The summed E-state index contributed by atoms with van der Waals surface area (Å²) in [5.41, 5.74) is 1.19. The Morgan fingerprint density at radius 3 is 2.85 bits per heavy atom. The van der Waals surface area contributed by atoms with E-state index in [4.69, 9.17) is 16.6 Å². The average Bonchev–Trinajstić information content (AvgIpc) is 3.15. The second-order valence-electron chi connectivity index (χ2n) is 5.58. The lowest BCUT2D eigenvalue weighted by Crippen LogP contribution is -2.38. The number of nitrogens with zero attached hydrogens (tertiary/aromatic N) is 3. The Morgan fingerprint density at radius 2 is 2.30 bits per heavy atom. The maximum Gasteiger partial charge on any atom is 0.194 e. The number of aromatic nitrogens is 1. The van der Waals surface area contributed by atoms with Gasteiger partial charge >= 0.3 is 0 Å². The molecule has 0 aromatic carbocycles. The molecule has 0 spiro atoms. The second-order valence-corrected chi connectivity index (χ2v) is 6.02. The standard InChI is InChI=1S/C15H25ClN4/c1-4-17-15(18-8-7-12-5-6-12)20(3)11-14-9-13(16)10-19(14)2/h9-10,12H,4-8,11H2,1-3H3,(H,17,18). The fourth-order valence-corrected chi connectivity index (χ4v) is 2.54. The monoisotopic (exact) mass is 296 g/mol. The van der Waals surface area contributed by atoms with Crippen LogP contribution in [0.5, 0.6) is 0 Å². The molecule has 1 saturated carbocycles. The van der Waals surface area contributed by atoms with E-state index < -0.39 is 0 Å². The van der Waals surface area contributed by atoms with Crippen LogP contribution in [0.3, 0.4) is 0 Å². The Morgan fingerprint density at radius 1 is 1.55 bits per heavy atom. The highest BCUT2D eigenvalue weighted by atomic mass is 35.5. The molecule has 0 bridgehead atoms. The van der Waals surface area contributed by atoms with Gasteiger partial charge in [0, 0.05) is 39.1 Å². The molecule has 20 heavy (non-hydrogen) atoms. The molecule has 1 fully saturated rings. The number of aliphatic imine (C=N–C) groups is 1. The van der Waals surface area contributed by atoms with Gasteiger partial charge in [0.15, 0.2) is 5.96 Å². The van der Waals surface area contributed by atoms with Crippen molar-refractivity contribution >= 4 is 17.6 Å². The predicted molar refractivity (Wildman–Crippen MR) is 85.2 cm³/mol. The number of rotatable bonds is 6. The van der Waals surface area contributed by atoms with Crippen molar-refractivity contribution in [2.24, 2.45) is 18.0 Å². The van der Waals surface area contributed by atoms with Crippen LogP contribution in [0, 0.1) is 5.92 Å². The van der Waals surface area contributed by atoms with E-state index in [1.54, 1.807) is 0 Å². The summed E-state index contributed by atoms with van der Waals surface area (Å²) in [5, 5.41) is 4.14. The summed E-state index contributed by atoms with van der Waals surface area (Å²) in [6, 6.07) is 2.01.